The number of hydrogen-bond acceptors (Lipinski definition) is 4. The predicted molar refractivity (Wildman–Crippen MR) is 98.1 cm³/mol. The Bertz CT molecular complexity index is 963. The molecule has 0 aliphatic carbocycles. The number of halogens is 4. The highest BCUT2D eigenvalue weighted by Crippen LogP contribution is 2.25. The fourth-order valence-electron chi connectivity index (χ4n) is 2.21. The van der Waals surface area contributed by atoms with Crippen LogP contribution >= 0.6 is 0 Å². The number of carbonyl (C=O) groups is 1. The maximum Gasteiger partial charge on any atom is 0.573 e. The first-order chi connectivity index (χ1) is 13.4. The minimum absolute atomic E-state index is 0.0975. The lowest BCUT2D eigenvalue weighted by atomic mass is 10.3. The zero-order valence-corrected chi connectivity index (χ0v) is 16.1. The van der Waals surface area contributed by atoms with E-state index in [0.29, 0.717) is 4.31 Å². The van der Waals surface area contributed by atoms with Gasteiger partial charge in [-0.25, -0.2) is 8.70 Å². The fourth-order valence-corrected chi connectivity index (χ4v) is 3.28. The first kappa shape index (κ1) is 22.4. The van der Waals surface area contributed by atoms with Crippen molar-refractivity contribution in [2.24, 2.45) is 0 Å². The lowest BCUT2D eigenvalue weighted by Crippen LogP contribution is -2.44. The number of carbonyl (C=O) groups excluding carboxylic acids is 1. The lowest BCUT2D eigenvalue weighted by molar-refractivity contribution is -0.274. The molecule has 0 fully saturated rings. The van der Waals surface area contributed by atoms with Crippen molar-refractivity contribution >= 4 is 27.5 Å². The Hall–Kier alpha value is -2.86. The topological polar surface area (TPSA) is 79.0 Å². The highest BCUT2D eigenvalue weighted by Gasteiger charge is 2.31. The maximum absolute atomic E-state index is 14.1. The number of hydrogen-bond donors (Lipinski definition) is 1. The number of anilines is 2. The zero-order valence-electron chi connectivity index (χ0n) is 15.3. The summed E-state index contributed by atoms with van der Waals surface area (Å²) in [7, 11) is -1.76. The second kappa shape index (κ2) is 8.66. The summed E-state index contributed by atoms with van der Waals surface area (Å²) in [5, 5.41) is 2.34. The molecule has 0 heterocycles. The number of nitrogens with zero attached hydrogens (tertiary/aromatic N) is 2. The van der Waals surface area contributed by atoms with Crippen LogP contribution < -0.4 is 14.4 Å². The third kappa shape index (κ3) is 6.06. The SMILES string of the molecule is CN(C)S(=O)(=O)N(CC(=O)Nc1ccc(OC(F)(F)F)cc1)c1ccccc1F. The first-order valence-electron chi connectivity index (χ1n) is 8.00. The minimum Gasteiger partial charge on any atom is -0.406 e. The van der Waals surface area contributed by atoms with Gasteiger partial charge in [0.2, 0.25) is 5.91 Å². The van der Waals surface area contributed by atoms with Gasteiger partial charge in [0.05, 0.1) is 5.69 Å². The van der Waals surface area contributed by atoms with Crippen LogP contribution in [0, 0.1) is 5.82 Å². The Kier molecular flexibility index (Phi) is 6.69. The van der Waals surface area contributed by atoms with E-state index in [2.05, 4.69) is 10.1 Å². The summed E-state index contributed by atoms with van der Waals surface area (Å²) in [6, 6.07) is 9.28. The van der Waals surface area contributed by atoms with Gasteiger partial charge in [0.1, 0.15) is 18.1 Å². The molecule has 2 rings (SSSR count). The number of rotatable bonds is 7. The quantitative estimate of drug-likeness (QED) is 0.679. The first-order valence-corrected chi connectivity index (χ1v) is 9.40. The van der Waals surface area contributed by atoms with E-state index in [1.807, 2.05) is 0 Å². The Balaban J connectivity index is 2.19. The van der Waals surface area contributed by atoms with E-state index < -0.39 is 40.6 Å². The molecule has 0 spiro atoms. The zero-order chi connectivity index (χ0) is 21.8. The van der Waals surface area contributed by atoms with E-state index in [1.54, 1.807) is 0 Å². The molecule has 0 aliphatic heterocycles. The molecule has 2 aromatic carbocycles. The van der Waals surface area contributed by atoms with Crippen LogP contribution in [0.4, 0.5) is 28.9 Å². The monoisotopic (exact) mass is 435 g/mol. The van der Waals surface area contributed by atoms with Gasteiger partial charge in [-0.15, -0.1) is 13.2 Å². The number of amides is 1. The van der Waals surface area contributed by atoms with Gasteiger partial charge in [0.15, 0.2) is 0 Å². The summed E-state index contributed by atoms with van der Waals surface area (Å²) >= 11 is 0. The molecule has 7 nitrogen and oxygen atoms in total. The number of benzene rings is 2. The van der Waals surface area contributed by atoms with Crippen LogP contribution in [0.25, 0.3) is 0 Å². The van der Waals surface area contributed by atoms with Gasteiger partial charge in [-0.2, -0.15) is 12.7 Å². The molecular formula is C17H17F4N3O4S. The molecule has 2 aromatic rings. The Morgan fingerprint density at radius 2 is 1.66 bits per heavy atom. The van der Waals surface area contributed by atoms with E-state index >= 15 is 0 Å². The summed E-state index contributed by atoms with van der Waals surface area (Å²) in [5.74, 6) is -2.17. The second-order valence-corrected chi connectivity index (χ2v) is 7.94. The van der Waals surface area contributed by atoms with Crippen molar-refractivity contribution in [3.05, 3.63) is 54.3 Å². The third-order valence-corrected chi connectivity index (χ3v) is 5.33. The summed E-state index contributed by atoms with van der Waals surface area (Å²) < 4.78 is 80.8. The predicted octanol–water partition coefficient (Wildman–Crippen LogP) is 2.98. The standard InChI is InChI=1S/C17H17F4N3O4S/c1-23(2)29(26,27)24(15-6-4-3-5-14(15)18)11-16(25)22-12-7-9-13(10-8-12)28-17(19,20)21/h3-10H,11H2,1-2H3,(H,22,25). The number of alkyl halides is 3. The van der Waals surface area contributed by atoms with E-state index in [0.717, 1.165) is 34.6 Å². The molecule has 1 N–H and O–H groups in total. The van der Waals surface area contributed by atoms with Crippen LogP contribution in [-0.4, -0.2) is 45.6 Å². The Labute approximate surface area is 164 Å². The summed E-state index contributed by atoms with van der Waals surface area (Å²) in [5.41, 5.74) is -0.231. The second-order valence-electron chi connectivity index (χ2n) is 5.87. The lowest BCUT2D eigenvalue weighted by Gasteiger charge is -2.27. The van der Waals surface area contributed by atoms with Crippen LogP contribution in [0.1, 0.15) is 0 Å². The normalized spacial score (nSPS) is 12.0. The highest BCUT2D eigenvalue weighted by molar-refractivity contribution is 7.90. The van der Waals surface area contributed by atoms with Crippen LogP contribution in [0.3, 0.4) is 0 Å². The molecule has 0 saturated carbocycles. The largest absolute Gasteiger partial charge is 0.573 e. The molecule has 0 aliphatic rings. The van der Waals surface area contributed by atoms with Crippen molar-refractivity contribution in [1.82, 2.24) is 4.31 Å². The number of para-hydroxylation sites is 1. The number of ether oxygens (including phenoxy) is 1. The van der Waals surface area contributed by atoms with E-state index in [4.69, 9.17) is 0 Å². The fraction of sp³-hybridized carbons (Fsp3) is 0.235. The molecule has 0 unspecified atom stereocenters. The molecule has 1 amide bonds. The van der Waals surface area contributed by atoms with Crippen molar-refractivity contribution in [2.75, 3.05) is 30.3 Å². The van der Waals surface area contributed by atoms with Gasteiger partial charge in [0.25, 0.3) is 0 Å². The molecule has 0 aromatic heterocycles. The molecule has 29 heavy (non-hydrogen) atoms. The molecule has 158 valence electrons. The summed E-state index contributed by atoms with van der Waals surface area (Å²) in [4.78, 5) is 12.3. The maximum atomic E-state index is 14.1. The van der Waals surface area contributed by atoms with Gasteiger partial charge in [-0.05, 0) is 36.4 Å². The average molecular weight is 435 g/mol. The Morgan fingerprint density at radius 3 is 2.17 bits per heavy atom. The highest BCUT2D eigenvalue weighted by atomic mass is 32.2. The van der Waals surface area contributed by atoms with Crippen molar-refractivity contribution in [1.29, 1.82) is 0 Å². The average Bonchev–Trinajstić information content (AvgIpc) is 2.60. The van der Waals surface area contributed by atoms with E-state index in [9.17, 15) is 30.8 Å². The molecule has 0 atom stereocenters. The van der Waals surface area contributed by atoms with Gasteiger partial charge in [0, 0.05) is 19.8 Å². The summed E-state index contributed by atoms with van der Waals surface area (Å²) in [6.07, 6.45) is -4.86. The smallest absolute Gasteiger partial charge is 0.406 e. The van der Waals surface area contributed by atoms with Crippen LogP contribution in [0.2, 0.25) is 0 Å². The Morgan fingerprint density at radius 1 is 1.07 bits per heavy atom. The van der Waals surface area contributed by atoms with E-state index in [-0.39, 0.29) is 11.4 Å². The van der Waals surface area contributed by atoms with Gasteiger partial charge in [-0.1, -0.05) is 12.1 Å². The van der Waals surface area contributed by atoms with Crippen molar-refractivity contribution in [2.45, 2.75) is 6.36 Å². The van der Waals surface area contributed by atoms with Crippen molar-refractivity contribution < 1.29 is 35.5 Å². The van der Waals surface area contributed by atoms with Gasteiger partial charge < -0.3 is 10.1 Å². The molecule has 0 saturated heterocycles. The van der Waals surface area contributed by atoms with Crippen LogP contribution in [0.15, 0.2) is 48.5 Å². The molecule has 0 bridgehead atoms. The van der Waals surface area contributed by atoms with Gasteiger partial charge >= 0.3 is 16.6 Å². The molecule has 12 heteroatoms. The molecule has 0 radical (unpaired) electrons. The van der Waals surface area contributed by atoms with E-state index in [1.165, 1.54) is 32.3 Å². The molecular weight excluding hydrogens is 418 g/mol. The third-order valence-electron chi connectivity index (χ3n) is 3.52. The number of nitrogens with one attached hydrogen (secondary N) is 1. The van der Waals surface area contributed by atoms with Crippen molar-refractivity contribution in [3.8, 4) is 5.75 Å². The van der Waals surface area contributed by atoms with Crippen LogP contribution in [-0.2, 0) is 15.0 Å². The minimum atomic E-state index is -4.86. The summed E-state index contributed by atoms with van der Waals surface area (Å²) in [6.45, 7) is -0.762. The van der Waals surface area contributed by atoms with Crippen LogP contribution in [0.5, 0.6) is 5.75 Å². The van der Waals surface area contributed by atoms with Gasteiger partial charge in [-0.3, -0.25) is 4.79 Å². The van der Waals surface area contributed by atoms with Crippen molar-refractivity contribution in [3.63, 3.8) is 0 Å².